The van der Waals surface area contributed by atoms with E-state index in [2.05, 4.69) is 25.7 Å². The van der Waals surface area contributed by atoms with Crippen molar-refractivity contribution >= 4 is 5.69 Å². The lowest BCUT2D eigenvalue weighted by molar-refractivity contribution is 0.471. The molecule has 2 nitrogen and oxygen atoms in total. The van der Waals surface area contributed by atoms with E-state index >= 15 is 0 Å². The van der Waals surface area contributed by atoms with Crippen molar-refractivity contribution in [1.29, 1.82) is 0 Å². The molecule has 0 spiro atoms. The molecule has 0 fully saturated rings. The minimum Gasteiger partial charge on any atom is -0.506 e. The normalized spacial score (nSPS) is 10.8. The first kappa shape index (κ1) is 13.9. The Balaban J connectivity index is 2.71. The van der Waals surface area contributed by atoms with Gasteiger partial charge >= 0.3 is 0 Å². The number of phenols is 1. The van der Waals surface area contributed by atoms with Gasteiger partial charge in [0.05, 0.1) is 5.69 Å². The molecule has 0 saturated carbocycles. The second-order valence-corrected chi connectivity index (χ2v) is 5.01. The van der Waals surface area contributed by atoms with Crippen molar-refractivity contribution in [2.45, 2.75) is 40.0 Å². The van der Waals surface area contributed by atoms with Gasteiger partial charge in [-0.05, 0) is 30.9 Å². The molecular weight excluding hydrogens is 210 g/mol. The second-order valence-electron chi connectivity index (χ2n) is 5.01. The lowest BCUT2D eigenvalue weighted by Crippen LogP contribution is -2.26. The van der Waals surface area contributed by atoms with E-state index in [4.69, 9.17) is 0 Å². The molecule has 1 N–H and O–H groups in total. The fraction of sp³-hybridized carbons (Fsp3) is 0.600. The third-order valence-electron chi connectivity index (χ3n) is 2.98. The van der Waals surface area contributed by atoms with Crippen LogP contribution in [0.4, 0.5) is 5.69 Å². The summed E-state index contributed by atoms with van der Waals surface area (Å²) in [5.74, 6) is 1.09. The molecule has 0 aromatic heterocycles. The summed E-state index contributed by atoms with van der Waals surface area (Å²) in [6.45, 7) is 8.73. The molecule has 1 aromatic carbocycles. The van der Waals surface area contributed by atoms with Crippen LogP contribution in [0.2, 0.25) is 0 Å². The number of benzene rings is 1. The highest BCUT2D eigenvalue weighted by molar-refractivity contribution is 5.57. The number of aromatic hydroxyl groups is 1. The zero-order valence-electron chi connectivity index (χ0n) is 11.3. The maximum absolute atomic E-state index is 9.90. The molecule has 0 aliphatic heterocycles. The topological polar surface area (TPSA) is 23.5 Å². The van der Waals surface area contributed by atoms with E-state index in [9.17, 15) is 5.11 Å². The molecule has 0 aliphatic rings. The Morgan fingerprint density at radius 2 is 1.88 bits per heavy atom. The van der Waals surface area contributed by atoms with E-state index in [1.165, 1.54) is 12.8 Å². The molecule has 1 aromatic rings. The average Bonchev–Trinajstić information content (AvgIpc) is 2.30. The predicted molar refractivity (Wildman–Crippen MR) is 74.7 cm³/mol. The van der Waals surface area contributed by atoms with Crippen molar-refractivity contribution in [3.8, 4) is 5.75 Å². The van der Waals surface area contributed by atoms with Crippen molar-refractivity contribution in [2.75, 3.05) is 18.0 Å². The van der Waals surface area contributed by atoms with Gasteiger partial charge in [-0.1, -0.05) is 39.3 Å². The van der Waals surface area contributed by atoms with E-state index in [0.29, 0.717) is 11.7 Å². The third-order valence-corrected chi connectivity index (χ3v) is 2.98. The highest BCUT2D eigenvalue weighted by Crippen LogP contribution is 2.27. The number of para-hydroxylation sites is 2. The molecule has 0 unspecified atom stereocenters. The Morgan fingerprint density at radius 3 is 2.47 bits per heavy atom. The van der Waals surface area contributed by atoms with Gasteiger partial charge in [-0.3, -0.25) is 0 Å². The summed E-state index contributed by atoms with van der Waals surface area (Å²) in [5.41, 5.74) is 0.974. The molecule has 17 heavy (non-hydrogen) atoms. The van der Waals surface area contributed by atoms with Crippen LogP contribution in [0.5, 0.6) is 5.75 Å². The number of hydrogen-bond donors (Lipinski definition) is 1. The van der Waals surface area contributed by atoms with Gasteiger partial charge in [0.2, 0.25) is 0 Å². The van der Waals surface area contributed by atoms with Crippen molar-refractivity contribution in [2.24, 2.45) is 5.92 Å². The lowest BCUT2D eigenvalue weighted by Gasteiger charge is -2.26. The van der Waals surface area contributed by atoms with Crippen LogP contribution in [-0.4, -0.2) is 18.2 Å². The SMILES string of the molecule is CCCCN(CCC(C)C)c1ccccc1O. The smallest absolute Gasteiger partial charge is 0.138 e. The second kappa shape index (κ2) is 7.21. The van der Waals surface area contributed by atoms with Crippen LogP contribution in [0.15, 0.2) is 24.3 Å². The van der Waals surface area contributed by atoms with Crippen molar-refractivity contribution in [3.63, 3.8) is 0 Å². The van der Waals surface area contributed by atoms with Crippen molar-refractivity contribution < 1.29 is 5.11 Å². The van der Waals surface area contributed by atoms with Gasteiger partial charge in [0, 0.05) is 13.1 Å². The third kappa shape index (κ3) is 4.68. The Labute approximate surface area is 105 Å². The van der Waals surface area contributed by atoms with Crippen molar-refractivity contribution in [3.05, 3.63) is 24.3 Å². The van der Waals surface area contributed by atoms with E-state index in [-0.39, 0.29) is 0 Å². The predicted octanol–water partition coefficient (Wildman–Crippen LogP) is 4.04. The van der Waals surface area contributed by atoms with Crippen LogP contribution in [0.25, 0.3) is 0 Å². The zero-order chi connectivity index (χ0) is 12.7. The van der Waals surface area contributed by atoms with Gasteiger partial charge in [0.1, 0.15) is 5.75 Å². The van der Waals surface area contributed by atoms with Crippen LogP contribution in [0, 0.1) is 5.92 Å². The van der Waals surface area contributed by atoms with Crippen LogP contribution in [0.3, 0.4) is 0 Å². The molecule has 0 saturated heterocycles. The molecule has 0 radical (unpaired) electrons. The number of rotatable bonds is 7. The summed E-state index contributed by atoms with van der Waals surface area (Å²) in [4.78, 5) is 2.30. The number of nitrogens with zero attached hydrogens (tertiary/aromatic N) is 1. The Hall–Kier alpha value is -1.18. The Bertz CT molecular complexity index is 322. The van der Waals surface area contributed by atoms with Gasteiger partial charge in [-0.15, -0.1) is 0 Å². The Kier molecular flexibility index (Phi) is 5.88. The molecular formula is C15H25NO. The molecule has 0 aliphatic carbocycles. The first-order valence-corrected chi connectivity index (χ1v) is 6.68. The van der Waals surface area contributed by atoms with Crippen LogP contribution in [-0.2, 0) is 0 Å². The van der Waals surface area contributed by atoms with Gasteiger partial charge < -0.3 is 10.0 Å². The fourth-order valence-electron chi connectivity index (χ4n) is 1.85. The van der Waals surface area contributed by atoms with Gasteiger partial charge in [0.25, 0.3) is 0 Å². The quantitative estimate of drug-likeness (QED) is 0.771. The highest BCUT2D eigenvalue weighted by atomic mass is 16.3. The first-order valence-electron chi connectivity index (χ1n) is 6.68. The largest absolute Gasteiger partial charge is 0.506 e. The molecule has 1 rings (SSSR count). The van der Waals surface area contributed by atoms with Crippen molar-refractivity contribution in [1.82, 2.24) is 0 Å². The standard InChI is InChI=1S/C15H25NO/c1-4-5-11-16(12-10-13(2)3)14-8-6-7-9-15(14)17/h6-9,13,17H,4-5,10-12H2,1-3H3. The summed E-state index contributed by atoms with van der Waals surface area (Å²) in [6, 6.07) is 7.64. The molecule has 2 heteroatoms. The Morgan fingerprint density at radius 1 is 1.18 bits per heavy atom. The molecule has 0 bridgehead atoms. The lowest BCUT2D eigenvalue weighted by atomic mass is 10.1. The molecule has 0 heterocycles. The van der Waals surface area contributed by atoms with Crippen LogP contribution < -0.4 is 4.90 Å². The maximum atomic E-state index is 9.90. The molecule has 0 amide bonds. The number of hydrogen-bond acceptors (Lipinski definition) is 2. The summed E-state index contributed by atoms with van der Waals surface area (Å²) >= 11 is 0. The zero-order valence-corrected chi connectivity index (χ0v) is 11.3. The van der Waals surface area contributed by atoms with E-state index in [0.717, 1.165) is 25.2 Å². The molecule has 96 valence electrons. The first-order chi connectivity index (χ1) is 8.15. The van der Waals surface area contributed by atoms with Gasteiger partial charge in [-0.25, -0.2) is 0 Å². The number of unbranched alkanes of at least 4 members (excludes halogenated alkanes) is 1. The summed E-state index contributed by atoms with van der Waals surface area (Å²) in [5, 5.41) is 9.90. The highest BCUT2D eigenvalue weighted by Gasteiger charge is 2.10. The number of anilines is 1. The number of phenolic OH excluding ortho intramolecular Hbond substituents is 1. The van der Waals surface area contributed by atoms with Gasteiger partial charge in [-0.2, -0.15) is 0 Å². The van der Waals surface area contributed by atoms with E-state index in [1.54, 1.807) is 6.07 Å². The monoisotopic (exact) mass is 235 g/mol. The summed E-state index contributed by atoms with van der Waals surface area (Å²) in [6.07, 6.45) is 3.52. The summed E-state index contributed by atoms with van der Waals surface area (Å²) < 4.78 is 0. The maximum Gasteiger partial charge on any atom is 0.138 e. The minimum absolute atomic E-state index is 0.396. The average molecular weight is 235 g/mol. The van der Waals surface area contributed by atoms with E-state index < -0.39 is 0 Å². The molecule has 0 atom stereocenters. The van der Waals surface area contributed by atoms with Gasteiger partial charge in [0.15, 0.2) is 0 Å². The fourth-order valence-corrected chi connectivity index (χ4v) is 1.85. The minimum atomic E-state index is 0.396. The van der Waals surface area contributed by atoms with E-state index in [1.807, 2.05) is 18.2 Å². The van der Waals surface area contributed by atoms with Crippen LogP contribution >= 0.6 is 0 Å². The van der Waals surface area contributed by atoms with Crippen LogP contribution in [0.1, 0.15) is 40.0 Å². The summed E-state index contributed by atoms with van der Waals surface area (Å²) in [7, 11) is 0.